The highest BCUT2D eigenvalue weighted by Crippen LogP contribution is 2.16. The van der Waals surface area contributed by atoms with Crippen LogP contribution in [0.2, 0.25) is 0 Å². The van der Waals surface area contributed by atoms with Gasteiger partial charge in [0.05, 0.1) is 23.8 Å². The zero-order chi connectivity index (χ0) is 17.1. The summed E-state index contributed by atoms with van der Waals surface area (Å²) in [6.45, 7) is 5.12. The minimum atomic E-state index is -0.394. The van der Waals surface area contributed by atoms with E-state index in [2.05, 4.69) is 11.9 Å². The Morgan fingerprint density at radius 1 is 1.12 bits per heavy atom. The molecule has 0 atom stereocenters. The van der Waals surface area contributed by atoms with E-state index < -0.39 is 5.82 Å². The van der Waals surface area contributed by atoms with Gasteiger partial charge in [-0.2, -0.15) is 0 Å². The topological polar surface area (TPSA) is 44.1 Å². The second kappa shape index (κ2) is 6.83. The number of fused-ring (bicyclic) bond motifs is 1. The molecule has 3 aromatic rings. The van der Waals surface area contributed by atoms with Gasteiger partial charge in [0.25, 0.3) is 5.56 Å². The van der Waals surface area contributed by atoms with Crippen molar-refractivity contribution < 1.29 is 9.13 Å². The molecular weight excluding hydrogens is 307 g/mol. The maximum absolute atomic E-state index is 13.2. The molecule has 0 saturated heterocycles. The standard InChI is InChI=1S/C19H19FN2O2/c1-13-4-6-16(10-14(13)2)24-9-3-8-22-12-21-18-11-15(20)5-7-17(18)19(22)23/h4-7,10-12H,3,8-9H2,1-2H3. The van der Waals surface area contributed by atoms with Crippen molar-refractivity contribution in [2.45, 2.75) is 26.8 Å². The fourth-order valence-corrected chi connectivity index (χ4v) is 2.52. The predicted octanol–water partition coefficient (Wildman–Crippen LogP) is 3.62. The summed E-state index contributed by atoms with van der Waals surface area (Å²) in [5.74, 6) is 0.437. The number of ether oxygens (including phenoxy) is 1. The van der Waals surface area contributed by atoms with Crippen LogP contribution in [0.4, 0.5) is 4.39 Å². The van der Waals surface area contributed by atoms with Gasteiger partial charge in [-0.25, -0.2) is 9.37 Å². The van der Waals surface area contributed by atoms with Gasteiger partial charge >= 0.3 is 0 Å². The smallest absolute Gasteiger partial charge is 0.261 e. The summed E-state index contributed by atoms with van der Waals surface area (Å²) >= 11 is 0. The SMILES string of the molecule is Cc1ccc(OCCCn2cnc3cc(F)ccc3c2=O)cc1C. The van der Waals surface area contributed by atoms with Crippen molar-refractivity contribution in [1.29, 1.82) is 0 Å². The van der Waals surface area contributed by atoms with Crippen molar-refractivity contribution in [2.24, 2.45) is 0 Å². The summed E-state index contributed by atoms with van der Waals surface area (Å²) in [6, 6.07) is 10.0. The van der Waals surface area contributed by atoms with Crippen LogP contribution in [0.1, 0.15) is 17.5 Å². The van der Waals surface area contributed by atoms with Crippen LogP contribution < -0.4 is 10.3 Å². The molecule has 24 heavy (non-hydrogen) atoms. The maximum Gasteiger partial charge on any atom is 0.261 e. The van der Waals surface area contributed by atoms with E-state index in [1.807, 2.05) is 25.1 Å². The Kier molecular flexibility index (Phi) is 4.60. The molecule has 0 bridgehead atoms. The van der Waals surface area contributed by atoms with Crippen molar-refractivity contribution in [1.82, 2.24) is 9.55 Å². The van der Waals surface area contributed by atoms with Crippen LogP contribution in [0.15, 0.2) is 47.5 Å². The van der Waals surface area contributed by atoms with E-state index in [1.165, 1.54) is 40.2 Å². The van der Waals surface area contributed by atoms with Crippen LogP contribution in [0.5, 0.6) is 5.75 Å². The molecule has 4 nitrogen and oxygen atoms in total. The summed E-state index contributed by atoms with van der Waals surface area (Å²) in [4.78, 5) is 16.5. The van der Waals surface area contributed by atoms with Gasteiger partial charge in [-0.15, -0.1) is 0 Å². The number of rotatable bonds is 5. The van der Waals surface area contributed by atoms with E-state index in [0.717, 1.165) is 5.75 Å². The third-order valence-corrected chi connectivity index (χ3v) is 4.08. The van der Waals surface area contributed by atoms with E-state index in [-0.39, 0.29) is 5.56 Å². The van der Waals surface area contributed by atoms with Crippen molar-refractivity contribution >= 4 is 10.9 Å². The number of hydrogen-bond donors (Lipinski definition) is 0. The van der Waals surface area contributed by atoms with Crippen LogP contribution in [-0.4, -0.2) is 16.2 Å². The highest BCUT2D eigenvalue weighted by molar-refractivity contribution is 5.77. The summed E-state index contributed by atoms with van der Waals surface area (Å²) in [6.07, 6.45) is 2.14. The maximum atomic E-state index is 13.2. The molecule has 1 aromatic heterocycles. The zero-order valence-corrected chi connectivity index (χ0v) is 13.8. The molecule has 1 heterocycles. The fourth-order valence-electron chi connectivity index (χ4n) is 2.52. The van der Waals surface area contributed by atoms with E-state index in [1.54, 1.807) is 0 Å². The Hall–Kier alpha value is -2.69. The molecule has 0 fully saturated rings. The number of nitrogens with zero attached hydrogens (tertiary/aromatic N) is 2. The van der Waals surface area contributed by atoms with Crippen molar-refractivity contribution in [2.75, 3.05) is 6.61 Å². The summed E-state index contributed by atoms with van der Waals surface area (Å²) in [5, 5.41) is 0.425. The normalized spacial score (nSPS) is 11.0. The Morgan fingerprint density at radius 3 is 2.75 bits per heavy atom. The second-order valence-electron chi connectivity index (χ2n) is 5.85. The first kappa shape index (κ1) is 16.2. The first-order valence-corrected chi connectivity index (χ1v) is 7.89. The van der Waals surface area contributed by atoms with Gasteiger partial charge in [0.2, 0.25) is 0 Å². The lowest BCUT2D eigenvalue weighted by Gasteiger charge is -2.09. The molecule has 124 valence electrons. The first-order valence-electron chi connectivity index (χ1n) is 7.89. The van der Waals surface area contributed by atoms with Gasteiger partial charge in [-0.05, 0) is 55.7 Å². The molecule has 0 N–H and O–H groups in total. The molecule has 0 aliphatic rings. The fraction of sp³-hybridized carbons (Fsp3) is 0.263. The molecule has 0 aliphatic heterocycles. The number of aryl methyl sites for hydroxylation is 3. The largest absolute Gasteiger partial charge is 0.494 e. The molecule has 0 radical (unpaired) electrons. The van der Waals surface area contributed by atoms with E-state index >= 15 is 0 Å². The quantitative estimate of drug-likeness (QED) is 0.673. The first-order chi connectivity index (χ1) is 11.5. The molecule has 0 aliphatic carbocycles. The molecule has 0 amide bonds. The van der Waals surface area contributed by atoms with Gasteiger partial charge in [0.1, 0.15) is 11.6 Å². The number of benzene rings is 2. The van der Waals surface area contributed by atoms with Crippen molar-refractivity contribution in [3.8, 4) is 5.75 Å². The second-order valence-corrected chi connectivity index (χ2v) is 5.85. The van der Waals surface area contributed by atoms with Crippen LogP contribution >= 0.6 is 0 Å². The van der Waals surface area contributed by atoms with Gasteiger partial charge in [-0.1, -0.05) is 6.07 Å². The molecule has 0 saturated carbocycles. The van der Waals surface area contributed by atoms with Gasteiger partial charge in [0.15, 0.2) is 0 Å². The number of aromatic nitrogens is 2. The zero-order valence-electron chi connectivity index (χ0n) is 13.8. The van der Waals surface area contributed by atoms with Gasteiger partial charge < -0.3 is 4.74 Å². The number of halogens is 1. The summed E-state index contributed by atoms with van der Waals surface area (Å²) in [7, 11) is 0. The van der Waals surface area contributed by atoms with Gasteiger partial charge in [-0.3, -0.25) is 9.36 Å². The van der Waals surface area contributed by atoms with Crippen LogP contribution in [-0.2, 0) is 6.54 Å². The predicted molar refractivity (Wildman–Crippen MR) is 92.0 cm³/mol. The average molecular weight is 326 g/mol. The third kappa shape index (κ3) is 3.45. The third-order valence-electron chi connectivity index (χ3n) is 4.08. The Morgan fingerprint density at radius 2 is 1.96 bits per heavy atom. The molecule has 3 rings (SSSR count). The molecule has 2 aromatic carbocycles. The monoisotopic (exact) mass is 326 g/mol. The Labute approximate surface area is 139 Å². The highest BCUT2D eigenvalue weighted by atomic mass is 19.1. The summed E-state index contributed by atoms with van der Waals surface area (Å²) < 4.78 is 20.4. The van der Waals surface area contributed by atoms with E-state index in [9.17, 15) is 9.18 Å². The Bertz CT molecular complexity index is 934. The molecule has 0 unspecified atom stereocenters. The minimum Gasteiger partial charge on any atom is -0.494 e. The molecule has 0 spiro atoms. The van der Waals surface area contributed by atoms with Crippen molar-refractivity contribution in [3.05, 3.63) is 70.0 Å². The van der Waals surface area contributed by atoms with Gasteiger partial charge in [0, 0.05) is 12.6 Å². The van der Waals surface area contributed by atoms with Crippen molar-refractivity contribution in [3.63, 3.8) is 0 Å². The molecule has 5 heteroatoms. The highest BCUT2D eigenvalue weighted by Gasteiger charge is 2.05. The average Bonchev–Trinajstić information content (AvgIpc) is 2.56. The lowest BCUT2D eigenvalue weighted by molar-refractivity contribution is 0.300. The van der Waals surface area contributed by atoms with Crippen LogP contribution in [0, 0.1) is 19.7 Å². The minimum absolute atomic E-state index is 0.161. The summed E-state index contributed by atoms with van der Waals surface area (Å²) in [5.41, 5.74) is 2.64. The van der Waals surface area contributed by atoms with Crippen LogP contribution in [0.3, 0.4) is 0 Å². The lowest BCUT2D eigenvalue weighted by atomic mass is 10.1. The van der Waals surface area contributed by atoms with E-state index in [0.29, 0.717) is 30.5 Å². The number of hydrogen-bond acceptors (Lipinski definition) is 3. The molecular formula is C19H19FN2O2. The lowest BCUT2D eigenvalue weighted by Crippen LogP contribution is -2.21. The van der Waals surface area contributed by atoms with E-state index in [4.69, 9.17) is 4.74 Å². The van der Waals surface area contributed by atoms with Crippen LogP contribution in [0.25, 0.3) is 10.9 Å². The Balaban J connectivity index is 1.63.